The number of aromatic nitrogens is 2. The average Bonchev–Trinajstić information content (AvgIpc) is 3.21. The molecule has 1 aromatic heterocycles. The normalized spacial score (nSPS) is 15.8. The van der Waals surface area contributed by atoms with Crippen LogP contribution in [0.25, 0.3) is 0 Å². The summed E-state index contributed by atoms with van der Waals surface area (Å²) < 4.78 is 8.17. The Kier molecular flexibility index (Phi) is 4.22. The zero-order valence-electron chi connectivity index (χ0n) is 15.0. The number of aliphatic imine (C=N–C) groups is 1. The summed E-state index contributed by atoms with van der Waals surface area (Å²) in [6, 6.07) is 5.94. The van der Waals surface area contributed by atoms with E-state index in [4.69, 9.17) is 4.74 Å². The van der Waals surface area contributed by atoms with E-state index in [-0.39, 0.29) is 5.91 Å². The predicted octanol–water partition coefficient (Wildman–Crippen LogP) is 2.66. The molecule has 7 nitrogen and oxygen atoms in total. The zero-order valence-corrected chi connectivity index (χ0v) is 16.6. The van der Waals surface area contributed by atoms with Gasteiger partial charge in [-0.3, -0.25) is 19.6 Å². The molecule has 0 saturated carbocycles. The highest BCUT2D eigenvalue weighted by Gasteiger charge is 2.40. The van der Waals surface area contributed by atoms with Gasteiger partial charge in [0.15, 0.2) is 11.5 Å². The quantitative estimate of drug-likeness (QED) is 0.766. The Hall–Kier alpha value is -2.35. The van der Waals surface area contributed by atoms with E-state index in [0.717, 1.165) is 39.9 Å². The number of carbonyl (C=O) groups is 1. The predicted molar refractivity (Wildman–Crippen MR) is 103 cm³/mol. The van der Waals surface area contributed by atoms with E-state index in [1.165, 1.54) is 0 Å². The van der Waals surface area contributed by atoms with E-state index in [1.54, 1.807) is 12.0 Å². The first-order valence-corrected chi connectivity index (χ1v) is 9.37. The second kappa shape index (κ2) is 6.42. The molecule has 136 valence electrons. The molecule has 0 N–H and O–H groups in total. The van der Waals surface area contributed by atoms with Crippen LogP contribution in [0.1, 0.15) is 28.8 Å². The maximum Gasteiger partial charge on any atom is 0.281 e. The molecule has 0 saturated heterocycles. The van der Waals surface area contributed by atoms with Crippen molar-refractivity contribution in [3.05, 3.63) is 39.8 Å². The molecule has 1 aromatic carbocycles. The number of ether oxygens (including phenoxy) is 1. The number of hydrogen-bond acceptors (Lipinski definition) is 5. The molecule has 0 atom stereocenters. The Morgan fingerprint density at radius 1 is 1.35 bits per heavy atom. The number of fused-ring (bicyclic) bond motifs is 3. The number of aryl methyl sites for hydroxylation is 1. The van der Waals surface area contributed by atoms with Gasteiger partial charge in [-0.15, -0.1) is 0 Å². The number of halogens is 1. The summed E-state index contributed by atoms with van der Waals surface area (Å²) in [6.45, 7) is 6.52. The summed E-state index contributed by atoms with van der Waals surface area (Å²) in [5, 5.41) is 0. The highest BCUT2D eigenvalue weighted by Crippen LogP contribution is 2.32. The Balaban J connectivity index is 1.77. The summed E-state index contributed by atoms with van der Waals surface area (Å²) in [4.78, 5) is 26.1. The molecule has 0 spiro atoms. The summed E-state index contributed by atoms with van der Waals surface area (Å²) in [5.74, 6) is 3.01. The van der Waals surface area contributed by atoms with E-state index < -0.39 is 0 Å². The molecular weight excluding hydrogens is 398 g/mol. The van der Waals surface area contributed by atoms with Gasteiger partial charge in [0.05, 0.1) is 18.1 Å². The lowest BCUT2D eigenvalue weighted by Crippen LogP contribution is -2.50. The van der Waals surface area contributed by atoms with Crippen molar-refractivity contribution in [1.82, 2.24) is 14.5 Å². The standard InChI is InChI=1S/C18H20BrN5O2/c1-4-22-17(25)15-16(23-8-7-20-18(22)23)21-11(2)24(15)10-12-5-6-14(26-3)13(19)9-12/h5-6,9H,4,7-8,10H2,1-3H3. The first-order chi connectivity index (χ1) is 12.5. The minimum absolute atomic E-state index is 0.0347. The van der Waals surface area contributed by atoms with Crippen LogP contribution in [0.2, 0.25) is 0 Å². The number of rotatable bonds is 4. The van der Waals surface area contributed by atoms with E-state index in [9.17, 15) is 4.79 Å². The van der Waals surface area contributed by atoms with Crippen LogP contribution >= 0.6 is 15.9 Å². The molecule has 0 radical (unpaired) electrons. The molecule has 26 heavy (non-hydrogen) atoms. The monoisotopic (exact) mass is 417 g/mol. The number of imidazole rings is 1. The van der Waals surface area contributed by atoms with Crippen LogP contribution in [0.15, 0.2) is 27.7 Å². The van der Waals surface area contributed by atoms with Gasteiger partial charge in [0, 0.05) is 19.6 Å². The van der Waals surface area contributed by atoms with E-state index in [0.29, 0.717) is 25.3 Å². The van der Waals surface area contributed by atoms with Crippen molar-refractivity contribution in [2.24, 2.45) is 4.99 Å². The molecule has 0 bridgehead atoms. The lowest BCUT2D eigenvalue weighted by molar-refractivity contribution is 0.0836. The van der Waals surface area contributed by atoms with Crippen LogP contribution in [-0.4, -0.2) is 53.1 Å². The number of nitrogens with zero attached hydrogens (tertiary/aromatic N) is 5. The number of anilines is 1. The third-order valence-corrected chi connectivity index (χ3v) is 5.40. The lowest BCUT2D eigenvalue weighted by Gasteiger charge is -2.32. The molecule has 0 aliphatic carbocycles. The molecule has 2 aromatic rings. The fourth-order valence-corrected chi connectivity index (χ4v) is 4.09. The number of amides is 1. The first kappa shape index (κ1) is 17.1. The van der Waals surface area contributed by atoms with Gasteiger partial charge >= 0.3 is 0 Å². The fraction of sp³-hybridized carbons (Fsp3) is 0.389. The number of carbonyl (C=O) groups excluding carboxylic acids is 1. The van der Waals surface area contributed by atoms with E-state index in [1.807, 2.05) is 41.5 Å². The van der Waals surface area contributed by atoms with Crippen LogP contribution in [-0.2, 0) is 6.54 Å². The molecule has 2 aliphatic rings. The Morgan fingerprint density at radius 3 is 2.85 bits per heavy atom. The van der Waals surface area contributed by atoms with Gasteiger partial charge in [-0.25, -0.2) is 4.98 Å². The molecule has 8 heteroatoms. The maximum atomic E-state index is 13.1. The number of benzene rings is 1. The second-order valence-electron chi connectivity index (χ2n) is 6.27. The van der Waals surface area contributed by atoms with Gasteiger partial charge in [0.25, 0.3) is 5.91 Å². The van der Waals surface area contributed by atoms with Crippen LogP contribution in [0.4, 0.5) is 5.82 Å². The van der Waals surface area contributed by atoms with Gasteiger partial charge in [-0.2, -0.15) is 0 Å². The van der Waals surface area contributed by atoms with Crippen LogP contribution in [0.5, 0.6) is 5.75 Å². The van der Waals surface area contributed by atoms with Crippen molar-refractivity contribution < 1.29 is 9.53 Å². The van der Waals surface area contributed by atoms with E-state index >= 15 is 0 Å². The fourth-order valence-electron chi connectivity index (χ4n) is 3.50. The minimum Gasteiger partial charge on any atom is -0.496 e. The van der Waals surface area contributed by atoms with Gasteiger partial charge in [0.1, 0.15) is 11.6 Å². The topological polar surface area (TPSA) is 63.0 Å². The van der Waals surface area contributed by atoms with Crippen molar-refractivity contribution in [1.29, 1.82) is 0 Å². The first-order valence-electron chi connectivity index (χ1n) is 8.58. The summed E-state index contributed by atoms with van der Waals surface area (Å²) in [7, 11) is 1.64. The minimum atomic E-state index is -0.0347. The molecule has 0 fully saturated rings. The van der Waals surface area contributed by atoms with Crippen molar-refractivity contribution in [3.8, 4) is 5.75 Å². The Labute approximate surface area is 160 Å². The SMILES string of the molecule is CCN1C(=O)c2c(nc(C)n2Cc2ccc(OC)c(Br)c2)N2CCN=C12. The number of methoxy groups -OCH3 is 1. The Morgan fingerprint density at radius 2 is 2.15 bits per heavy atom. The van der Waals surface area contributed by atoms with Crippen molar-refractivity contribution >= 4 is 33.6 Å². The summed E-state index contributed by atoms with van der Waals surface area (Å²) in [5.41, 5.74) is 1.70. The van der Waals surface area contributed by atoms with Crippen molar-refractivity contribution in [2.45, 2.75) is 20.4 Å². The lowest BCUT2D eigenvalue weighted by atomic mass is 10.2. The van der Waals surface area contributed by atoms with Crippen molar-refractivity contribution in [3.63, 3.8) is 0 Å². The largest absolute Gasteiger partial charge is 0.496 e. The smallest absolute Gasteiger partial charge is 0.281 e. The van der Waals surface area contributed by atoms with Gasteiger partial charge < -0.3 is 9.30 Å². The summed E-state index contributed by atoms with van der Waals surface area (Å²) in [6.07, 6.45) is 0. The molecule has 3 heterocycles. The van der Waals surface area contributed by atoms with Gasteiger partial charge in [-0.1, -0.05) is 6.07 Å². The maximum absolute atomic E-state index is 13.1. The highest BCUT2D eigenvalue weighted by atomic mass is 79.9. The van der Waals surface area contributed by atoms with Gasteiger partial charge in [-0.05, 0) is 47.5 Å². The van der Waals surface area contributed by atoms with Crippen LogP contribution in [0.3, 0.4) is 0 Å². The number of guanidine groups is 1. The summed E-state index contributed by atoms with van der Waals surface area (Å²) >= 11 is 3.53. The zero-order chi connectivity index (χ0) is 18.4. The molecule has 0 unspecified atom stereocenters. The van der Waals surface area contributed by atoms with Gasteiger partial charge in [0.2, 0.25) is 5.96 Å². The molecular formula is C18H20BrN5O2. The average molecular weight is 418 g/mol. The number of hydrogen-bond donors (Lipinski definition) is 0. The molecule has 2 aliphatic heterocycles. The van der Waals surface area contributed by atoms with Crippen LogP contribution < -0.4 is 9.64 Å². The van der Waals surface area contributed by atoms with Crippen molar-refractivity contribution in [2.75, 3.05) is 31.6 Å². The second-order valence-corrected chi connectivity index (χ2v) is 7.12. The van der Waals surface area contributed by atoms with Crippen LogP contribution in [0, 0.1) is 6.92 Å². The molecule has 1 amide bonds. The Bertz CT molecular complexity index is 921. The van der Waals surface area contributed by atoms with E-state index in [2.05, 4.69) is 25.9 Å². The molecule has 4 rings (SSSR count). The third kappa shape index (κ3) is 2.51. The third-order valence-electron chi connectivity index (χ3n) is 4.78. The highest BCUT2D eigenvalue weighted by molar-refractivity contribution is 9.10.